The van der Waals surface area contributed by atoms with Gasteiger partial charge in [0.05, 0.1) is 6.04 Å². The van der Waals surface area contributed by atoms with Crippen LogP contribution in [-0.2, 0) is 14.4 Å². The van der Waals surface area contributed by atoms with E-state index < -0.39 is 29.9 Å². The maximum atomic E-state index is 11.4. The van der Waals surface area contributed by atoms with Crippen molar-refractivity contribution >= 4 is 17.8 Å². The number of hydrogen-bond acceptors (Lipinski definition) is 4. The van der Waals surface area contributed by atoms with Crippen molar-refractivity contribution in [2.24, 2.45) is 5.73 Å². The lowest BCUT2D eigenvalue weighted by Gasteiger charge is -2.16. The summed E-state index contributed by atoms with van der Waals surface area (Å²) in [4.78, 5) is 32.7. The van der Waals surface area contributed by atoms with E-state index >= 15 is 0 Å². The number of carbonyl (C=O) groups is 3. The number of nitrogens with two attached hydrogens (primary N) is 1. The molecule has 2 amide bonds. The largest absolute Gasteiger partial charge is 0.480 e. The number of nitrogens with one attached hydrogen (secondary N) is 2. The Bertz CT molecular complexity index is 280. The molecule has 0 aliphatic rings. The lowest BCUT2D eigenvalue weighted by molar-refractivity contribution is -0.142. The van der Waals surface area contributed by atoms with Gasteiger partial charge in [-0.3, -0.25) is 9.59 Å². The van der Waals surface area contributed by atoms with Gasteiger partial charge in [-0.05, 0) is 20.4 Å². The number of primary amides is 1. The van der Waals surface area contributed by atoms with E-state index in [1.165, 1.54) is 0 Å². The summed E-state index contributed by atoms with van der Waals surface area (Å²) in [5.74, 6) is -2.21. The van der Waals surface area contributed by atoms with Crippen LogP contribution >= 0.6 is 0 Å². The average Bonchev–Trinajstić information content (AvgIpc) is 2.21. The number of aliphatic carboxylic acids is 1. The van der Waals surface area contributed by atoms with Gasteiger partial charge in [0, 0.05) is 6.42 Å². The minimum atomic E-state index is -1.18. The fourth-order valence-corrected chi connectivity index (χ4v) is 0.972. The van der Waals surface area contributed by atoms with E-state index in [1.807, 2.05) is 0 Å². The van der Waals surface area contributed by atoms with Gasteiger partial charge in [0.15, 0.2) is 0 Å². The number of carboxylic acid groups (broad SMARTS) is 1. The van der Waals surface area contributed by atoms with Crippen LogP contribution in [0.25, 0.3) is 0 Å². The van der Waals surface area contributed by atoms with Crippen LogP contribution in [0.1, 0.15) is 19.8 Å². The van der Waals surface area contributed by atoms with E-state index in [1.54, 1.807) is 14.0 Å². The summed E-state index contributed by atoms with van der Waals surface area (Å²) in [7, 11) is 1.59. The van der Waals surface area contributed by atoms with Crippen molar-refractivity contribution < 1.29 is 19.5 Å². The molecule has 0 fully saturated rings. The Morgan fingerprint density at radius 3 is 2.31 bits per heavy atom. The Balaban J connectivity index is 4.28. The average molecular weight is 231 g/mol. The summed E-state index contributed by atoms with van der Waals surface area (Å²) < 4.78 is 0. The highest BCUT2D eigenvalue weighted by atomic mass is 16.4. The molecule has 0 rings (SSSR count). The van der Waals surface area contributed by atoms with Crippen molar-refractivity contribution in [1.29, 1.82) is 0 Å². The number of carbonyl (C=O) groups excluding carboxylic acids is 2. The van der Waals surface area contributed by atoms with E-state index in [2.05, 4.69) is 10.6 Å². The fourth-order valence-electron chi connectivity index (χ4n) is 0.972. The smallest absolute Gasteiger partial charge is 0.326 e. The number of carboxylic acids is 1. The predicted molar refractivity (Wildman–Crippen MR) is 56.5 cm³/mol. The molecule has 2 atom stereocenters. The number of likely N-dealkylation sites (N-methyl/N-ethyl adjacent to an activating group) is 1. The minimum Gasteiger partial charge on any atom is -0.480 e. The van der Waals surface area contributed by atoms with Crippen molar-refractivity contribution in [3.63, 3.8) is 0 Å². The monoisotopic (exact) mass is 231 g/mol. The molecule has 5 N–H and O–H groups in total. The van der Waals surface area contributed by atoms with Gasteiger partial charge in [-0.25, -0.2) is 4.79 Å². The minimum absolute atomic E-state index is 0.00710. The van der Waals surface area contributed by atoms with E-state index in [9.17, 15) is 14.4 Å². The van der Waals surface area contributed by atoms with Gasteiger partial charge in [0.1, 0.15) is 6.04 Å². The summed E-state index contributed by atoms with van der Waals surface area (Å²) in [6.07, 6.45) is -0.0853. The molecular weight excluding hydrogens is 214 g/mol. The molecule has 1 unspecified atom stereocenters. The van der Waals surface area contributed by atoms with E-state index in [4.69, 9.17) is 10.8 Å². The standard InChI is InChI=1S/C9H17N3O4/c1-5(11-2)8(14)12-6(9(15)16)3-4-7(10)13/h5-6,11H,3-4H2,1-2H3,(H2,10,13)(H,12,14)(H,15,16)/t5?,6-/m1/s1. The Morgan fingerprint density at radius 2 is 1.94 bits per heavy atom. The molecule has 0 aliphatic heterocycles. The van der Waals surface area contributed by atoms with Gasteiger partial charge in [-0.15, -0.1) is 0 Å². The van der Waals surface area contributed by atoms with Gasteiger partial charge in [-0.1, -0.05) is 0 Å². The molecule has 7 heteroatoms. The lowest BCUT2D eigenvalue weighted by atomic mass is 10.1. The third kappa shape index (κ3) is 5.30. The van der Waals surface area contributed by atoms with E-state index in [-0.39, 0.29) is 12.8 Å². The van der Waals surface area contributed by atoms with Crippen molar-refractivity contribution in [2.75, 3.05) is 7.05 Å². The van der Waals surface area contributed by atoms with Gasteiger partial charge >= 0.3 is 5.97 Å². The van der Waals surface area contributed by atoms with Crippen LogP contribution < -0.4 is 16.4 Å². The van der Waals surface area contributed by atoms with Crippen LogP contribution in [-0.4, -0.2) is 42.0 Å². The predicted octanol–water partition coefficient (Wildman–Crippen LogP) is -1.57. The molecule has 0 aliphatic carbocycles. The highest BCUT2D eigenvalue weighted by molar-refractivity contribution is 5.87. The Labute approximate surface area is 93.4 Å². The van der Waals surface area contributed by atoms with Gasteiger partial charge in [-0.2, -0.15) is 0 Å². The molecule has 92 valence electrons. The highest BCUT2D eigenvalue weighted by Gasteiger charge is 2.22. The summed E-state index contributed by atoms with van der Waals surface area (Å²) in [6, 6.07) is -1.58. The first kappa shape index (κ1) is 14.4. The number of amides is 2. The number of hydrogen-bond donors (Lipinski definition) is 4. The Morgan fingerprint density at radius 1 is 1.38 bits per heavy atom. The SMILES string of the molecule is CNC(C)C(=O)N[C@H](CCC(N)=O)C(=O)O. The molecule has 0 saturated heterocycles. The summed E-state index contributed by atoms with van der Waals surface area (Å²) in [6.45, 7) is 1.60. The zero-order valence-corrected chi connectivity index (χ0v) is 9.32. The van der Waals surface area contributed by atoms with Crippen LogP contribution in [0, 0.1) is 0 Å². The van der Waals surface area contributed by atoms with E-state index in [0.29, 0.717) is 0 Å². The van der Waals surface area contributed by atoms with Crippen LogP contribution in [0.5, 0.6) is 0 Å². The fraction of sp³-hybridized carbons (Fsp3) is 0.667. The lowest BCUT2D eigenvalue weighted by Crippen LogP contribution is -2.48. The first-order valence-electron chi connectivity index (χ1n) is 4.87. The molecule has 0 radical (unpaired) electrons. The molecule has 0 aromatic rings. The van der Waals surface area contributed by atoms with Crippen LogP contribution in [0.15, 0.2) is 0 Å². The van der Waals surface area contributed by atoms with Gasteiger partial charge in [0.25, 0.3) is 0 Å². The number of rotatable bonds is 7. The zero-order chi connectivity index (χ0) is 12.7. The molecule has 16 heavy (non-hydrogen) atoms. The third-order valence-electron chi connectivity index (χ3n) is 2.12. The molecule has 0 bridgehead atoms. The summed E-state index contributed by atoms with van der Waals surface area (Å²) in [5.41, 5.74) is 4.90. The van der Waals surface area contributed by atoms with Crippen molar-refractivity contribution in [3.05, 3.63) is 0 Å². The molecule has 0 aromatic heterocycles. The second kappa shape index (κ2) is 6.78. The third-order valence-corrected chi connectivity index (χ3v) is 2.12. The quantitative estimate of drug-likeness (QED) is 0.421. The van der Waals surface area contributed by atoms with Crippen molar-refractivity contribution in [2.45, 2.75) is 31.8 Å². The van der Waals surface area contributed by atoms with Gasteiger partial charge in [0.2, 0.25) is 11.8 Å². The van der Waals surface area contributed by atoms with Crippen LogP contribution in [0.3, 0.4) is 0 Å². The highest BCUT2D eigenvalue weighted by Crippen LogP contribution is 1.98. The summed E-state index contributed by atoms with van der Waals surface area (Å²) in [5, 5.41) is 13.8. The molecule has 0 heterocycles. The second-order valence-electron chi connectivity index (χ2n) is 3.41. The zero-order valence-electron chi connectivity index (χ0n) is 9.32. The maximum Gasteiger partial charge on any atom is 0.326 e. The van der Waals surface area contributed by atoms with Gasteiger partial charge < -0.3 is 21.5 Å². The first-order chi connectivity index (χ1) is 7.38. The molecular formula is C9H17N3O4. The molecule has 7 nitrogen and oxygen atoms in total. The van der Waals surface area contributed by atoms with Crippen LogP contribution in [0.2, 0.25) is 0 Å². The topological polar surface area (TPSA) is 122 Å². The molecule has 0 saturated carbocycles. The maximum absolute atomic E-state index is 11.4. The molecule has 0 spiro atoms. The second-order valence-corrected chi connectivity index (χ2v) is 3.41. The Hall–Kier alpha value is -1.63. The van der Waals surface area contributed by atoms with E-state index in [0.717, 1.165) is 0 Å². The van der Waals surface area contributed by atoms with Crippen LogP contribution in [0.4, 0.5) is 0 Å². The van der Waals surface area contributed by atoms with Crippen molar-refractivity contribution in [3.8, 4) is 0 Å². The normalized spacial score (nSPS) is 13.9. The molecule has 0 aromatic carbocycles. The van der Waals surface area contributed by atoms with Crippen molar-refractivity contribution in [1.82, 2.24) is 10.6 Å². The first-order valence-corrected chi connectivity index (χ1v) is 4.87. The Kier molecular flexibility index (Phi) is 6.09. The summed E-state index contributed by atoms with van der Waals surface area (Å²) >= 11 is 0.